The highest BCUT2D eigenvalue weighted by Gasteiger charge is 2.07. The van der Waals surface area contributed by atoms with Crippen LogP contribution in [0.15, 0.2) is 47.6 Å². The Kier molecular flexibility index (Phi) is 6.94. The number of methoxy groups -OCH3 is 2. The molecule has 1 heterocycles. The largest absolute Gasteiger partial charge is 0.497 e. The lowest BCUT2D eigenvalue weighted by atomic mass is 10.1. The predicted molar refractivity (Wildman–Crippen MR) is 115 cm³/mol. The van der Waals surface area contributed by atoms with Gasteiger partial charge in [-0.2, -0.15) is 0 Å². The van der Waals surface area contributed by atoms with Gasteiger partial charge in [-0.1, -0.05) is 0 Å². The number of nitrogens with zero attached hydrogens (tertiary/aromatic N) is 1. The van der Waals surface area contributed by atoms with E-state index in [1.807, 2.05) is 30.5 Å². The molecule has 0 saturated heterocycles. The van der Waals surface area contributed by atoms with Gasteiger partial charge in [0.15, 0.2) is 5.96 Å². The van der Waals surface area contributed by atoms with E-state index >= 15 is 0 Å². The Hall–Kier alpha value is -3.22. The van der Waals surface area contributed by atoms with E-state index in [0.717, 1.165) is 52.3 Å². The van der Waals surface area contributed by atoms with Gasteiger partial charge < -0.3 is 25.1 Å². The van der Waals surface area contributed by atoms with Crippen LogP contribution in [-0.4, -0.2) is 45.3 Å². The summed E-state index contributed by atoms with van der Waals surface area (Å²) in [6, 6.07) is 10.6. The van der Waals surface area contributed by atoms with Gasteiger partial charge in [0.1, 0.15) is 17.3 Å². The summed E-state index contributed by atoms with van der Waals surface area (Å²) in [5.41, 5.74) is 3.03. The molecule has 0 radical (unpaired) electrons. The van der Waals surface area contributed by atoms with Crippen LogP contribution in [0.25, 0.3) is 10.9 Å². The van der Waals surface area contributed by atoms with Crippen LogP contribution in [0.3, 0.4) is 0 Å². The number of aliphatic imine (C=N–C) groups is 1. The Bertz CT molecular complexity index is 984. The third-order valence-electron chi connectivity index (χ3n) is 4.81. The predicted octanol–water partition coefficient (Wildman–Crippen LogP) is 3.27. The average Bonchev–Trinajstić information content (AvgIpc) is 3.14. The third kappa shape index (κ3) is 5.19. The number of benzene rings is 2. The van der Waals surface area contributed by atoms with Crippen LogP contribution in [0.1, 0.15) is 11.1 Å². The number of nitrogens with one attached hydrogen (secondary N) is 3. The summed E-state index contributed by atoms with van der Waals surface area (Å²) < 4.78 is 24.0. The zero-order valence-electron chi connectivity index (χ0n) is 17.0. The second kappa shape index (κ2) is 9.82. The van der Waals surface area contributed by atoms with Crippen LogP contribution in [0.2, 0.25) is 0 Å². The van der Waals surface area contributed by atoms with Crippen molar-refractivity contribution in [2.75, 3.05) is 34.4 Å². The van der Waals surface area contributed by atoms with E-state index in [9.17, 15) is 4.39 Å². The smallest absolute Gasteiger partial charge is 0.190 e. The maximum atomic E-state index is 13.3. The van der Waals surface area contributed by atoms with Gasteiger partial charge in [0.25, 0.3) is 0 Å². The van der Waals surface area contributed by atoms with Crippen molar-refractivity contribution in [2.45, 2.75) is 12.8 Å². The fraction of sp³-hybridized carbons (Fsp3) is 0.318. The summed E-state index contributed by atoms with van der Waals surface area (Å²) in [5.74, 6) is 2.15. The topological polar surface area (TPSA) is 70.7 Å². The molecule has 3 N–H and O–H groups in total. The first-order valence-corrected chi connectivity index (χ1v) is 9.55. The van der Waals surface area contributed by atoms with E-state index in [1.54, 1.807) is 21.3 Å². The molecule has 1 aromatic heterocycles. The number of hydrogen-bond acceptors (Lipinski definition) is 3. The molecular formula is C22H27FN4O2. The highest BCUT2D eigenvalue weighted by molar-refractivity contribution is 5.83. The number of guanidine groups is 1. The number of H-pyrrole nitrogens is 1. The maximum absolute atomic E-state index is 13.3. The fourth-order valence-electron chi connectivity index (χ4n) is 3.29. The van der Waals surface area contributed by atoms with Crippen LogP contribution in [0.5, 0.6) is 11.5 Å². The minimum atomic E-state index is -0.235. The van der Waals surface area contributed by atoms with Gasteiger partial charge >= 0.3 is 0 Å². The quantitative estimate of drug-likeness (QED) is 0.402. The van der Waals surface area contributed by atoms with Gasteiger partial charge in [-0.05, 0) is 60.4 Å². The van der Waals surface area contributed by atoms with E-state index in [0.29, 0.717) is 13.1 Å². The van der Waals surface area contributed by atoms with Gasteiger partial charge in [-0.25, -0.2) is 4.39 Å². The van der Waals surface area contributed by atoms with Crippen LogP contribution >= 0.6 is 0 Å². The van der Waals surface area contributed by atoms with Gasteiger partial charge in [-0.3, -0.25) is 4.99 Å². The number of ether oxygens (including phenoxy) is 2. The SMILES string of the molecule is CN=C(NCCc1cc(OC)ccc1OC)NCCc1c[nH]c2cc(F)ccc12. The second-order valence-electron chi connectivity index (χ2n) is 6.61. The molecule has 0 amide bonds. The lowest BCUT2D eigenvalue weighted by molar-refractivity contribution is 0.398. The Balaban J connectivity index is 1.50. The number of aromatic amines is 1. The number of fused-ring (bicyclic) bond motifs is 1. The van der Waals surface area contributed by atoms with E-state index < -0.39 is 0 Å². The molecule has 0 saturated carbocycles. The van der Waals surface area contributed by atoms with E-state index in [4.69, 9.17) is 9.47 Å². The summed E-state index contributed by atoms with van der Waals surface area (Å²) in [6.07, 6.45) is 3.50. The minimum Gasteiger partial charge on any atom is -0.497 e. The maximum Gasteiger partial charge on any atom is 0.190 e. The fourth-order valence-corrected chi connectivity index (χ4v) is 3.29. The molecule has 0 bridgehead atoms. The van der Waals surface area contributed by atoms with Crippen molar-refractivity contribution < 1.29 is 13.9 Å². The molecule has 6 nitrogen and oxygen atoms in total. The molecule has 0 fully saturated rings. The molecule has 154 valence electrons. The number of hydrogen-bond donors (Lipinski definition) is 3. The molecule has 3 rings (SSSR count). The lowest BCUT2D eigenvalue weighted by Crippen LogP contribution is -2.39. The second-order valence-corrected chi connectivity index (χ2v) is 6.61. The number of aromatic nitrogens is 1. The normalized spacial score (nSPS) is 11.5. The molecular weight excluding hydrogens is 371 g/mol. The Morgan fingerprint density at radius 1 is 1.00 bits per heavy atom. The van der Waals surface area contributed by atoms with E-state index in [-0.39, 0.29) is 5.82 Å². The molecule has 0 aliphatic carbocycles. The Morgan fingerprint density at radius 2 is 1.76 bits per heavy atom. The molecule has 0 aliphatic rings. The molecule has 0 atom stereocenters. The van der Waals surface area contributed by atoms with Gasteiger partial charge in [0.2, 0.25) is 0 Å². The van der Waals surface area contributed by atoms with Crippen molar-refractivity contribution in [2.24, 2.45) is 4.99 Å². The van der Waals surface area contributed by atoms with Crippen molar-refractivity contribution in [3.63, 3.8) is 0 Å². The van der Waals surface area contributed by atoms with Crippen LogP contribution in [0, 0.1) is 5.82 Å². The van der Waals surface area contributed by atoms with Crippen molar-refractivity contribution in [1.29, 1.82) is 0 Å². The average molecular weight is 398 g/mol. The van der Waals surface area contributed by atoms with Crippen LogP contribution in [0.4, 0.5) is 4.39 Å². The summed E-state index contributed by atoms with van der Waals surface area (Å²) >= 11 is 0. The first kappa shape index (κ1) is 20.5. The standard InChI is InChI=1S/C22H27FN4O2/c1-24-22(25-10-8-15-12-18(28-2)5-7-21(15)29-3)26-11-9-16-14-27-20-13-17(23)4-6-19(16)20/h4-7,12-14,27H,8-11H2,1-3H3,(H2,24,25,26). The highest BCUT2D eigenvalue weighted by Crippen LogP contribution is 2.24. The summed E-state index contributed by atoms with van der Waals surface area (Å²) in [6.45, 7) is 1.42. The lowest BCUT2D eigenvalue weighted by Gasteiger charge is -2.14. The minimum absolute atomic E-state index is 0.235. The molecule has 29 heavy (non-hydrogen) atoms. The molecule has 7 heteroatoms. The number of halogens is 1. The summed E-state index contributed by atoms with van der Waals surface area (Å²) in [4.78, 5) is 7.39. The van der Waals surface area contributed by atoms with Crippen LogP contribution < -0.4 is 20.1 Å². The van der Waals surface area contributed by atoms with E-state index in [1.165, 1.54) is 12.1 Å². The summed E-state index contributed by atoms with van der Waals surface area (Å²) in [5, 5.41) is 7.68. The van der Waals surface area contributed by atoms with Crippen LogP contribution in [-0.2, 0) is 12.8 Å². The molecule has 0 aliphatic heterocycles. The van der Waals surface area contributed by atoms with Crippen molar-refractivity contribution in [3.8, 4) is 11.5 Å². The highest BCUT2D eigenvalue weighted by atomic mass is 19.1. The monoisotopic (exact) mass is 398 g/mol. The zero-order valence-corrected chi connectivity index (χ0v) is 17.0. The summed E-state index contributed by atoms with van der Waals surface area (Å²) in [7, 11) is 5.06. The molecule has 3 aromatic rings. The zero-order chi connectivity index (χ0) is 20.6. The van der Waals surface area contributed by atoms with Crippen molar-refractivity contribution in [1.82, 2.24) is 15.6 Å². The Labute approximate surface area is 170 Å². The van der Waals surface area contributed by atoms with Crippen molar-refractivity contribution >= 4 is 16.9 Å². The molecule has 0 unspecified atom stereocenters. The van der Waals surface area contributed by atoms with Gasteiger partial charge in [-0.15, -0.1) is 0 Å². The van der Waals surface area contributed by atoms with Gasteiger partial charge in [0.05, 0.1) is 14.2 Å². The molecule has 0 spiro atoms. The first-order chi connectivity index (χ1) is 14.1. The molecule has 2 aromatic carbocycles. The van der Waals surface area contributed by atoms with E-state index in [2.05, 4.69) is 20.6 Å². The third-order valence-corrected chi connectivity index (χ3v) is 4.81. The van der Waals surface area contributed by atoms with Gasteiger partial charge in [0, 0.05) is 37.2 Å². The van der Waals surface area contributed by atoms with Crippen molar-refractivity contribution in [3.05, 3.63) is 59.5 Å². The first-order valence-electron chi connectivity index (χ1n) is 9.55. The Morgan fingerprint density at radius 3 is 2.45 bits per heavy atom. The number of rotatable bonds is 8.